The molecular weight excluding hydrogens is 472 g/mol. The molecule has 9 heteroatoms. The third-order valence-electron chi connectivity index (χ3n) is 5.16. The zero-order chi connectivity index (χ0) is 23.2. The minimum Gasteiger partial charge on any atom is -0.478 e. The summed E-state index contributed by atoms with van der Waals surface area (Å²) in [7, 11) is 0. The van der Waals surface area contributed by atoms with Crippen LogP contribution < -0.4 is 0 Å². The number of aromatic carboxylic acids is 1. The highest BCUT2D eigenvalue weighted by atomic mass is 32.2. The van der Waals surface area contributed by atoms with Crippen molar-refractivity contribution < 1.29 is 9.90 Å². The van der Waals surface area contributed by atoms with E-state index in [9.17, 15) is 9.90 Å². The van der Waals surface area contributed by atoms with Crippen LogP contribution in [-0.2, 0) is 5.41 Å². The van der Waals surface area contributed by atoms with Gasteiger partial charge in [0.15, 0.2) is 10.2 Å². The molecule has 0 saturated carbocycles. The van der Waals surface area contributed by atoms with Gasteiger partial charge < -0.3 is 5.11 Å². The minimum absolute atomic E-state index is 0.0652. The number of thiophene rings is 1. The van der Waals surface area contributed by atoms with E-state index < -0.39 is 5.97 Å². The first kappa shape index (κ1) is 21.8. The lowest BCUT2D eigenvalue weighted by molar-refractivity contribution is 0.0697. The van der Waals surface area contributed by atoms with Crippen molar-refractivity contribution >= 4 is 50.6 Å². The third kappa shape index (κ3) is 4.31. The predicted octanol–water partition coefficient (Wildman–Crippen LogP) is 6.75. The number of rotatable bonds is 5. The lowest BCUT2D eigenvalue weighted by Crippen LogP contribution is -2.11. The summed E-state index contributed by atoms with van der Waals surface area (Å²) in [5.41, 5.74) is 3.33. The lowest BCUT2D eigenvalue weighted by atomic mass is 9.87. The zero-order valence-corrected chi connectivity index (χ0v) is 20.6. The number of hydrogen-bond acceptors (Lipinski definition) is 7. The van der Waals surface area contributed by atoms with Crippen LogP contribution in [0.25, 0.3) is 26.6 Å². The van der Waals surface area contributed by atoms with Gasteiger partial charge in [0.05, 0.1) is 20.7 Å². The van der Waals surface area contributed by atoms with E-state index in [1.165, 1.54) is 28.7 Å². The lowest BCUT2D eigenvalue weighted by Gasteiger charge is -2.19. The van der Waals surface area contributed by atoms with Crippen molar-refractivity contribution in [2.45, 2.75) is 35.7 Å². The fraction of sp³-hybridized carbons (Fsp3) is 0.167. The molecule has 0 unspecified atom stereocenters. The summed E-state index contributed by atoms with van der Waals surface area (Å²) in [5, 5.41) is 21.0. The Morgan fingerprint density at radius 1 is 1.06 bits per heavy atom. The van der Waals surface area contributed by atoms with Crippen LogP contribution in [0.5, 0.6) is 0 Å². The van der Waals surface area contributed by atoms with E-state index in [0.29, 0.717) is 5.16 Å². The van der Waals surface area contributed by atoms with E-state index >= 15 is 0 Å². The number of carboxylic acids is 1. The molecule has 0 saturated heterocycles. The maximum atomic E-state index is 11.3. The summed E-state index contributed by atoms with van der Waals surface area (Å²) in [6, 6.07) is 17.5. The van der Waals surface area contributed by atoms with E-state index in [1.54, 1.807) is 29.5 Å². The maximum absolute atomic E-state index is 11.3. The summed E-state index contributed by atoms with van der Waals surface area (Å²) in [5.74, 6) is -0.163. The second kappa shape index (κ2) is 8.40. The number of benzene rings is 2. The van der Waals surface area contributed by atoms with E-state index in [0.717, 1.165) is 30.9 Å². The van der Waals surface area contributed by atoms with Crippen LogP contribution in [0.1, 0.15) is 36.7 Å². The first-order valence-corrected chi connectivity index (χ1v) is 12.7. The molecule has 1 N–H and O–H groups in total. The van der Waals surface area contributed by atoms with Crippen LogP contribution in [0.3, 0.4) is 0 Å². The summed E-state index contributed by atoms with van der Waals surface area (Å²) >= 11 is 4.50. The van der Waals surface area contributed by atoms with Gasteiger partial charge in [-0.2, -0.15) is 0 Å². The van der Waals surface area contributed by atoms with Crippen molar-refractivity contribution in [3.05, 3.63) is 71.1 Å². The smallest absolute Gasteiger partial charge is 0.335 e. The van der Waals surface area contributed by atoms with E-state index in [-0.39, 0.29) is 11.0 Å². The number of aromatic nitrogens is 4. The van der Waals surface area contributed by atoms with Crippen molar-refractivity contribution in [2.24, 2.45) is 0 Å². The SMILES string of the molecule is CC(C)(C)c1ccc(-n2c(Sc3nc4ccc(C(=O)O)cc4s3)nnc2-c2cccs2)cc1. The highest BCUT2D eigenvalue weighted by Gasteiger charge is 2.20. The standard InChI is InChI=1S/C24H20N4O2S3/c1-24(2,3)15-7-9-16(10-8-15)28-20(18-5-4-12-31-18)26-27-22(28)33-23-25-17-11-6-14(21(29)30)13-19(17)32-23/h4-13H,1-3H3,(H,29,30). The van der Waals surface area contributed by atoms with Crippen LogP contribution in [0.15, 0.2) is 69.5 Å². The van der Waals surface area contributed by atoms with E-state index in [1.807, 2.05) is 17.5 Å². The van der Waals surface area contributed by atoms with Crippen molar-refractivity contribution in [3.63, 3.8) is 0 Å². The summed E-state index contributed by atoms with van der Waals surface area (Å²) in [4.78, 5) is 17.0. The van der Waals surface area contributed by atoms with Gasteiger partial charge in [-0.05, 0) is 64.5 Å². The average molecular weight is 493 g/mol. The monoisotopic (exact) mass is 492 g/mol. The molecule has 33 heavy (non-hydrogen) atoms. The quantitative estimate of drug-likeness (QED) is 0.292. The molecule has 0 spiro atoms. The minimum atomic E-state index is -0.946. The Labute approximate surface area is 203 Å². The third-order valence-corrected chi connectivity index (χ3v) is 8.05. The van der Waals surface area contributed by atoms with Crippen molar-refractivity contribution in [3.8, 4) is 16.4 Å². The van der Waals surface area contributed by atoms with Gasteiger partial charge in [0.25, 0.3) is 0 Å². The summed E-state index contributed by atoms with van der Waals surface area (Å²) < 4.78 is 3.67. The molecule has 0 radical (unpaired) electrons. The second-order valence-electron chi connectivity index (χ2n) is 8.49. The van der Waals surface area contributed by atoms with Gasteiger partial charge >= 0.3 is 5.97 Å². The Morgan fingerprint density at radius 3 is 2.52 bits per heavy atom. The Morgan fingerprint density at radius 2 is 1.85 bits per heavy atom. The Bertz CT molecular complexity index is 1450. The van der Waals surface area contributed by atoms with Gasteiger partial charge in [-0.3, -0.25) is 4.57 Å². The molecule has 3 heterocycles. The highest BCUT2D eigenvalue weighted by molar-refractivity contribution is 8.01. The van der Waals surface area contributed by atoms with Crippen molar-refractivity contribution in [1.29, 1.82) is 0 Å². The van der Waals surface area contributed by atoms with Crippen LogP contribution in [0.4, 0.5) is 0 Å². The number of carbonyl (C=O) groups is 1. The first-order valence-electron chi connectivity index (χ1n) is 10.2. The predicted molar refractivity (Wildman–Crippen MR) is 134 cm³/mol. The summed E-state index contributed by atoms with van der Waals surface area (Å²) in [6.07, 6.45) is 0. The van der Waals surface area contributed by atoms with Gasteiger partial charge in [0.1, 0.15) is 0 Å². The molecular formula is C24H20N4O2S3. The van der Waals surface area contributed by atoms with Crippen molar-refractivity contribution in [1.82, 2.24) is 19.7 Å². The molecule has 0 fully saturated rings. The second-order valence-corrected chi connectivity index (χ2v) is 11.7. The highest BCUT2D eigenvalue weighted by Crippen LogP contribution is 2.37. The molecule has 0 atom stereocenters. The molecule has 0 bridgehead atoms. The average Bonchev–Trinajstić information content (AvgIpc) is 3.52. The molecule has 0 aliphatic rings. The van der Waals surface area contributed by atoms with Crippen LogP contribution in [0, 0.1) is 0 Å². The molecule has 5 rings (SSSR count). The number of hydrogen-bond donors (Lipinski definition) is 1. The molecule has 166 valence electrons. The molecule has 0 aliphatic heterocycles. The normalized spacial score (nSPS) is 11.8. The number of nitrogens with zero attached hydrogens (tertiary/aromatic N) is 4. The number of carboxylic acid groups (broad SMARTS) is 1. The fourth-order valence-corrected chi connectivity index (χ4v) is 6.16. The van der Waals surface area contributed by atoms with Gasteiger partial charge in [0, 0.05) is 5.69 Å². The van der Waals surface area contributed by atoms with Crippen LogP contribution in [0.2, 0.25) is 0 Å². The molecule has 6 nitrogen and oxygen atoms in total. The molecule has 0 amide bonds. The first-order chi connectivity index (χ1) is 15.8. The van der Waals surface area contributed by atoms with Gasteiger partial charge in [-0.15, -0.1) is 32.9 Å². The van der Waals surface area contributed by atoms with Crippen LogP contribution >= 0.6 is 34.4 Å². The van der Waals surface area contributed by atoms with E-state index in [2.05, 4.69) is 64.8 Å². The number of fused-ring (bicyclic) bond motifs is 1. The Hall–Kier alpha value is -3.01. The molecule has 3 aromatic heterocycles. The Kier molecular flexibility index (Phi) is 5.55. The van der Waals surface area contributed by atoms with Gasteiger partial charge in [-0.25, -0.2) is 9.78 Å². The molecule has 0 aliphatic carbocycles. The van der Waals surface area contributed by atoms with Gasteiger partial charge in [0.2, 0.25) is 5.16 Å². The van der Waals surface area contributed by atoms with Crippen molar-refractivity contribution in [2.75, 3.05) is 0 Å². The van der Waals surface area contributed by atoms with Gasteiger partial charge in [-0.1, -0.05) is 39.0 Å². The fourth-order valence-electron chi connectivity index (χ4n) is 3.40. The van der Waals surface area contributed by atoms with Crippen LogP contribution in [-0.4, -0.2) is 30.8 Å². The summed E-state index contributed by atoms with van der Waals surface area (Å²) in [6.45, 7) is 6.59. The number of thiazole rings is 1. The molecule has 2 aromatic carbocycles. The Balaban J connectivity index is 1.57. The zero-order valence-electron chi connectivity index (χ0n) is 18.1. The van der Waals surface area contributed by atoms with E-state index in [4.69, 9.17) is 0 Å². The maximum Gasteiger partial charge on any atom is 0.335 e. The largest absolute Gasteiger partial charge is 0.478 e. The topological polar surface area (TPSA) is 80.9 Å². The molecule has 5 aromatic rings.